The largest absolute Gasteiger partial charge is 0.480 e. The molecule has 0 saturated carbocycles. The van der Waals surface area contributed by atoms with Gasteiger partial charge in [-0.25, -0.2) is 4.98 Å². The zero-order valence-electron chi connectivity index (χ0n) is 11.6. The molecule has 0 aliphatic heterocycles. The summed E-state index contributed by atoms with van der Waals surface area (Å²) in [6.45, 7) is 2.00. The van der Waals surface area contributed by atoms with Gasteiger partial charge in [-0.2, -0.15) is 0 Å². The number of hydrogen-bond acceptors (Lipinski definition) is 4. The van der Waals surface area contributed by atoms with Gasteiger partial charge in [0.1, 0.15) is 5.25 Å². The smallest absolute Gasteiger partial charge is 0.321 e. The van der Waals surface area contributed by atoms with Gasteiger partial charge in [0.2, 0.25) is 0 Å². The van der Waals surface area contributed by atoms with Crippen molar-refractivity contribution in [3.8, 4) is 0 Å². The Morgan fingerprint density at radius 2 is 2.10 bits per heavy atom. The molecule has 1 heterocycles. The number of carbonyl (C=O) groups is 1. The van der Waals surface area contributed by atoms with Gasteiger partial charge in [-0.1, -0.05) is 55.4 Å². The van der Waals surface area contributed by atoms with Crippen molar-refractivity contribution in [2.45, 2.75) is 30.2 Å². The van der Waals surface area contributed by atoms with Gasteiger partial charge in [-0.15, -0.1) is 0 Å². The lowest BCUT2D eigenvalue weighted by atomic mass is 10.1. The number of thioether (sulfide) groups is 1. The van der Waals surface area contributed by atoms with E-state index in [2.05, 4.69) is 9.97 Å². The summed E-state index contributed by atoms with van der Waals surface area (Å²) in [5.41, 5.74) is 1.09. The Balaban J connectivity index is 2.29. The Morgan fingerprint density at radius 1 is 1.38 bits per heavy atom. The number of aromatic amines is 1. The molecule has 0 bridgehead atoms. The molecular formula is C15H16N2O3S. The van der Waals surface area contributed by atoms with Gasteiger partial charge in [-0.05, 0) is 12.0 Å². The maximum Gasteiger partial charge on any atom is 0.321 e. The van der Waals surface area contributed by atoms with Crippen LogP contribution in [-0.4, -0.2) is 21.0 Å². The number of aryl methyl sites for hydroxylation is 1. The molecule has 0 amide bonds. The van der Waals surface area contributed by atoms with Crippen LogP contribution >= 0.6 is 11.8 Å². The maximum absolute atomic E-state index is 11.6. The minimum Gasteiger partial charge on any atom is -0.480 e. The predicted octanol–water partition coefficient (Wildman–Crippen LogP) is 2.64. The van der Waals surface area contributed by atoms with Crippen LogP contribution in [0.5, 0.6) is 0 Å². The summed E-state index contributed by atoms with van der Waals surface area (Å²) in [7, 11) is 0. The standard InChI is InChI=1S/C15H16N2O3S/c1-2-6-11-9-12(18)17-15(16-11)21-13(14(19)20)10-7-4-3-5-8-10/h3-5,7-9,13H,2,6H2,1H3,(H,19,20)(H,16,17,18)/t13-/m1/s1. The van der Waals surface area contributed by atoms with E-state index in [1.54, 1.807) is 24.3 Å². The van der Waals surface area contributed by atoms with E-state index in [9.17, 15) is 14.7 Å². The molecule has 0 fully saturated rings. The van der Waals surface area contributed by atoms with E-state index in [1.807, 2.05) is 13.0 Å². The van der Waals surface area contributed by atoms with E-state index in [0.717, 1.165) is 18.2 Å². The van der Waals surface area contributed by atoms with Crippen LogP contribution in [0.1, 0.15) is 29.9 Å². The Bertz CT molecular complexity index is 670. The number of hydrogen-bond donors (Lipinski definition) is 2. The topological polar surface area (TPSA) is 83.0 Å². The molecule has 2 N–H and O–H groups in total. The van der Waals surface area contributed by atoms with Crippen LogP contribution in [-0.2, 0) is 11.2 Å². The van der Waals surface area contributed by atoms with Gasteiger partial charge < -0.3 is 10.1 Å². The summed E-state index contributed by atoms with van der Waals surface area (Å²) in [6, 6.07) is 10.4. The Hall–Kier alpha value is -2.08. The molecule has 21 heavy (non-hydrogen) atoms. The third-order valence-corrected chi connectivity index (χ3v) is 3.96. The average molecular weight is 304 g/mol. The highest BCUT2D eigenvalue weighted by molar-refractivity contribution is 8.00. The molecule has 6 heteroatoms. The van der Waals surface area contributed by atoms with E-state index in [1.165, 1.54) is 6.07 Å². The Labute approximate surface area is 126 Å². The normalized spacial score (nSPS) is 12.0. The van der Waals surface area contributed by atoms with Crippen LogP contribution in [0.4, 0.5) is 0 Å². The van der Waals surface area contributed by atoms with Crippen molar-refractivity contribution in [2.75, 3.05) is 0 Å². The molecule has 0 aliphatic carbocycles. The molecule has 1 aromatic heterocycles. The fourth-order valence-electron chi connectivity index (χ4n) is 1.92. The molecule has 2 rings (SSSR count). The highest BCUT2D eigenvalue weighted by atomic mass is 32.2. The van der Waals surface area contributed by atoms with Crippen LogP contribution < -0.4 is 5.56 Å². The number of benzene rings is 1. The van der Waals surface area contributed by atoms with Crippen molar-refractivity contribution in [1.82, 2.24) is 9.97 Å². The first-order chi connectivity index (χ1) is 10.1. The van der Waals surface area contributed by atoms with Crippen molar-refractivity contribution in [1.29, 1.82) is 0 Å². The van der Waals surface area contributed by atoms with Crippen molar-refractivity contribution < 1.29 is 9.90 Å². The predicted molar refractivity (Wildman–Crippen MR) is 81.5 cm³/mol. The molecule has 5 nitrogen and oxygen atoms in total. The van der Waals surface area contributed by atoms with E-state index in [0.29, 0.717) is 22.8 Å². The van der Waals surface area contributed by atoms with E-state index < -0.39 is 11.2 Å². The monoisotopic (exact) mass is 304 g/mol. The molecule has 2 aromatic rings. The van der Waals surface area contributed by atoms with E-state index >= 15 is 0 Å². The third kappa shape index (κ3) is 4.19. The van der Waals surface area contributed by atoms with E-state index in [-0.39, 0.29) is 5.56 Å². The summed E-state index contributed by atoms with van der Waals surface area (Å²) in [5, 5.41) is 8.92. The minimum absolute atomic E-state index is 0.256. The van der Waals surface area contributed by atoms with Crippen molar-refractivity contribution >= 4 is 17.7 Å². The summed E-state index contributed by atoms with van der Waals surface area (Å²) in [4.78, 5) is 30.0. The summed E-state index contributed by atoms with van der Waals surface area (Å²) in [6.07, 6.45) is 1.57. The highest BCUT2D eigenvalue weighted by Crippen LogP contribution is 2.33. The molecule has 0 radical (unpaired) electrons. The van der Waals surface area contributed by atoms with Gasteiger partial charge in [-0.3, -0.25) is 9.59 Å². The first-order valence-corrected chi connectivity index (χ1v) is 7.52. The molecule has 0 saturated heterocycles. The number of nitrogens with zero attached hydrogens (tertiary/aromatic N) is 1. The number of aliphatic carboxylic acids is 1. The number of nitrogens with one attached hydrogen (secondary N) is 1. The zero-order chi connectivity index (χ0) is 15.2. The fraction of sp³-hybridized carbons (Fsp3) is 0.267. The molecular weight excluding hydrogens is 288 g/mol. The SMILES string of the molecule is CCCc1cc(=O)[nH]c(S[C@@H](C(=O)O)c2ccccc2)n1. The van der Waals surface area contributed by atoms with Crippen molar-refractivity contribution in [3.63, 3.8) is 0 Å². The number of carboxylic acids is 1. The van der Waals surface area contributed by atoms with Crippen LogP contribution in [0.15, 0.2) is 46.3 Å². The van der Waals surface area contributed by atoms with E-state index in [4.69, 9.17) is 0 Å². The second-order valence-corrected chi connectivity index (χ2v) is 5.63. The lowest BCUT2D eigenvalue weighted by Gasteiger charge is -2.12. The number of aromatic nitrogens is 2. The summed E-state index contributed by atoms with van der Waals surface area (Å²) < 4.78 is 0. The summed E-state index contributed by atoms with van der Waals surface area (Å²) in [5.74, 6) is -0.963. The lowest BCUT2D eigenvalue weighted by Crippen LogP contribution is -2.13. The second-order valence-electron chi connectivity index (χ2n) is 4.54. The molecule has 0 unspecified atom stereocenters. The zero-order valence-corrected chi connectivity index (χ0v) is 12.4. The Kier molecular flexibility index (Phi) is 5.16. The molecule has 110 valence electrons. The van der Waals surface area contributed by atoms with Crippen LogP contribution in [0.2, 0.25) is 0 Å². The number of rotatable bonds is 6. The van der Waals surface area contributed by atoms with Crippen LogP contribution in [0.3, 0.4) is 0 Å². The second kappa shape index (κ2) is 7.08. The van der Waals surface area contributed by atoms with Gasteiger partial charge in [0, 0.05) is 11.8 Å². The molecule has 0 spiro atoms. The molecule has 1 aromatic carbocycles. The van der Waals surface area contributed by atoms with Crippen LogP contribution in [0.25, 0.3) is 0 Å². The number of H-pyrrole nitrogens is 1. The fourth-order valence-corrected chi connectivity index (χ4v) is 2.87. The van der Waals surface area contributed by atoms with Gasteiger partial charge >= 0.3 is 5.97 Å². The minimum atomic E-state index is -0.963. The van der Waals surface area contributed by atoms with Gasteiger partial charge in [0.15, 0.2) is 5.16 Å². The quantitative estimate of drug-likeness (QED) is 0.633. The summed E-state index contributed by atoms with van der Waals surface area (Å²) >= 11 is 1.04. The Morgan fingerprint density at radius 3 is 2.71 bits per heavy atom. The lowest BCUT2D eigenvalue weighted by molar-refractivity contribution is -0.136. The van der Waals surface area contributed by atoms with Crippen molar-refractivity contribution in [2.24, 2.45) is 0 Å². The highest BCUT2D eigenvalue weighted by Gasteiger charge is 2.22. The molecule has 0 aliphatic rings. The first kappa shape index (κ1) is 15.3. The van der Waals surface area contributed by atoms with Crippen LogP contribution in [0, 0.1) is 0 Å². The first-order valence-electron chi connectivity index (χ1n) is 6.64. The van der Waals surface area contributed by atoms with Crippen molar-refractivity contribution in [3.05, 3.63) is 58.0 Å². The van der Waals surface area contributed by atoms with Gasteiger partial charge in [0.25, 0.3) is 5.56 Å². The number of carboxylic acid groups (broad SMARTS) is 1. The maximum atomic E-state index is 11.6. The average Bonchev–Trinajstić information content (AvgIpc) is 2.45. The molecule has 1 atom stereocenters. The van der Waals surface area contributed by atoms with Gasteiger partial charge in [0.05, 0.1) is 0 Å². The third-order valence-electron chi connectivity index (χ3n) is 2.84.